The van der Waals surface area contributed by atoms with Crippen molar-refractivity contribution < 1.29 is 50.7 Å². The molecular weight excluding hydrogens is 653 g/mol. The summed E-state index contributed by atoms with van der Waals surface area (Å²) < 4.78 is 0. The second-order valence-corrected chi connectivity index (χ2v) is 11.8. The fraction of sp³-hybridized carbons (Fsp3) is 0.548. The van der Waals surface area contributed by atoms with E-state index in [1.807, 2.05) is 0 Å². The van der Waals surface area contributed by atoms with E-state index in [4.69, 9.17) is 0 Å². The van der Waals surface area contributed by atoms with Crippen molar-refractivity contribution in [1.82, 2.24) is 0 Å². The third-order valence-electron chi connectivity index (χ3n) is 6.48. The van der Waals surface area contributed by atoms with Crippen LogP contribution in [0.3, 0.4) is 0 Å². The first-order valence-corrected chi connectivity index (χ1v) is 15.0. The van der Waals surface area contributed by atoms with E-state index < -0.39 is 0 Å². The molecule has 0 unspecified atom stereocenters. The van der Waals surface area contributed by atoms with Gasteiger partial charge in [-0.05, 0) is 25.2 Å². The van der Waals surface area contributed by atoms with Crippen LogP contribution in [0.1, 0.15) is 96.1 Å². The molecule has 0 N–H and O–H groups in total. The third-order valence-corrected chi connectivity index (χ3v) is 9.18. The van der Waals surface area contributed by atoms with Crippen LogP contribution in [0.2, 0.25) is 0 Å². The van der Waals surface area contributed by atoms with Crippen LogP contribution in [-0.2, 0) is 32.3 Å². The van der Waals surface area contributed by atoms with Crippen LogP contribution in [0.15, 0.2) is 54.6 Å². The van der Waals surface area contributed by atoms with E-state index in [-0.39, 0.29) is 58.6 Å². The summed E-state index contributed by atoms with van der Waals surface area (Å²) in [5.74, 6) is 0. The quantitative estimate of drug-likeness (QED) is 0.104. The van der Waals surface area contributed by atoms with Gasteiger partial charge in [0.05, 0.1) is 0 Å². The minimum Gasteiger partial charge on any atom is -1.00 e. The SMILES string of the molecule is CCCCCCP(CCCCCC)c1cc2ccccc2[cH-]1.CCCC[c-]1cccc1C.[Cl-].[Cl-].[Hf+4]. The van der Waals surface area contributed by atoms with Gasteiger partial charge in [-0.1, -0.05) is 99.5 Å². The number of halogens is 2. The summed E-state index contributed by atoms with van der Waals surface area (Å²) in [4.78, 5) is 0. The van der Waals surface area contributed by atoms with Gasteiger partial charge >= 0.3 is 25.8 Å². The van der Waals surface area contributed by atoms with Gasteiger partial charge in [0.25, 0.3) is 0 Å². The summed E-state index contributed by atoms with van der Waals surface area (Å²) in [6, 6.07) is 20.4. The average Bonchev–Trinajstić information content (AvgIpc) is 3.42. The third kappa shape index (κ3) is 14.5. The number of unbranched alkanes of at least 4 members (excludes halogenated alkanes) is 7. The summed E-state index contributed by atoms with van der Waals surface area (Å²) in [5, 5.41) is 4.53. The van der Waals surface area contributed by atoms with Crippen molar-refractivity contribution in [3.8, 4) is 0 Å². The fourth-order valence-electron chi connectivity index (χ4n) is 4.34. The van der Waals surface area contributed by atoms with Crippen LogP contribution in [0, 0.1) is 6.92 Å². The molecule has 0 radical (unpaired) electrons. The van der Waals surface area contributed by atoms with Crippen molar-refractivity contribution in [2.45, 2.75) is 98.3 Å². The van der Waals surface area contributed by atoms with E-state index in [2.05, 4.69) is 82.3 Å². The van der Waals surface area contributed by atoms with Crippen LogP contribution < -0.4 is 30.1 Å². The smallest absolute Gasteiger partial charge is 1.00 e. The summed E-state index contributed by atoms with van der Waals surface area (Å²) >= 11 is 0. The van der Waals surface area contributed by atoms with Crippen LogP contribution in [0.25, 0.3) is 10.8 Å². The number of fused-ring (bicyclic) bond motifs is 1. The molecule has 3 rings (SSSR count). The molecule has 4 heteroatoms. The Labute approximate surface area is 249 Å². The summed E-state index contributed by atoms with van der Waals surface area (Å²) in [6.07, 6.45) is 18.0. The Kier molecular flexibility index (Phi) is 24.7. The van der Waals surface area contributed by atoms with Gasteiger partial charge in [0.1, 0.15) is 0 Å². The van der Waals surface area contributed by atoms with Crippen molar-refractivity contribution >= 4 is 24.0 Å². The molecule has 35 heavy (non-hydrogen) atoms. The Hall–Kier alpha value is 0.0601. The largest absolute Gasteiger partial charge is 4.00 e. The molecule has 0 aromatic heterocycles. The molecule has 0 saturated heterocycles. The van der Waals surface area contributed by atoms with Crippen molar-refractivity contribution in [2.24, 2.45) is 0 Å². The van der Waals surface area contributed by atoms with E-state index in [9.17, 15) is 0 Å². The first kappa shape index (κ1) is 37.2. The van der Waals surface area contributed by atoms with Crippen LogP contribution in [-0.4, -0.2) is 12.3 Å². The van der Waals surface area contributed by atoms with E-state index in [0.717, 1.165) is 0 Å². The number of aryl methyl sites for hydroxylation is 2. The van der Waals surface area contributed by atoms with Gasteiger partial charge in [0, 0.05) is 0 Å². The van der Waals surface area contributed by atoms with Gasteiger partial charge in [-0.25, -0.2) is 12.1 Å². The summed E-state index contributed by atoms with van der Waals surface area (Å²) in [7, 11) is 0.0642. The zero-order valence-corrected chi connectivity index (χ0v) is 28.6. The zero-order chi connectivity index (χ0) is 23.0. The van der Waals surface area contributed by atoms with E-state index in [1.165, 1.54) is 105 Å². The van der Waals surface area contributed by atoms with Gasteiger partial charge in [0.2, 0.25) is 0 Å². The molecule has 0 spiro atoms. The van der Waals surface area contributed by atoms with Gasteiger partial charge in [0.15, 0.2) is 0 Å². The molecule has 0 atom stereocenters. The van der Waals surface area contributed by atoms with Crippen molar-refractivity contribution in [3.63, 3.8) is 0 Å². The molecule has 0 nitrogen and oxygen atoms in total. The molecule has 0 heterocycles. The van der Waals surface area contributed by atoms with Gasteiger partial charge < -0.3 is 24.8 Å². The Balaban J connectivity index is 0. The van der Waals surface area contributed by atoms with Crippen LogP contribution >= 0.6 is 7.92 Å². The predicted molar refractivity (Wildman–Crippen MR) is 149 cm³/mol. The van der Waals surface area contributed by atoms with Crippen molar-refractivity contribution in [3.05, 3.63) is 65.7 Å². The first-order chi connectivity index (χ1) is 15.7. The molecule has 0 saturated carbocycles. The molecule has 0 aliphatic heterocycles. The number of hydrogen-bond acceptors (Lipinski definition) is 0. The molecular formula is C31H47Cl2HfP. The van der Waals surface area contributed by atoms with Gasteiger partial charge in [-0.3, -0.25) is 0 Å². The zero-order valence-electron chi connectivity index (χ0n) is 22.6. The second kappa shape index (κ2) is 23.2. The predicted octanol–water partition coefficient (Wildman–Crippen LogP) is 3.89. The van der Waals surface area contributed by atoms with Crippen molar-refractivity contribution in [2.75, 3.05) is 12.3 Å². The second-order valence-electron chi connectivity index (χ2n) is 9.29. The summed E-state index contributed by atoms with van der Waals surface area (Å²) in [6.45, 7) is 9.03. The number of rotatable bonds is 14. The maximum absolute atomic E-state index is 2.47. The molecule has 0 aliphatic carbocycles. The molecule has 3 aromatic rings. The molecule has 0 bridgehead atoms. The molecule has 194 valence electrons. The van der Waals surface area contributed by atoms with Gasteiger partial charge in [-0.2, -0.15) is 23.3 Å². The van der Waals surface area contributed by atoms with E-state index in [0.29, 0.717) is 0 Å². The fourth-order valence-corrected chi connectivity index (χ4v) is 6.93. The normalized spacial score (nSPS) is 10.2. The number of hydrogen-bond donors (Lipinski definition) is 0. The minimum atomic E-state index is 0. The Morgan fingerprint density at radius 2 is 1.34 bits per heavy atom. The standard InChI is InChI=1S/C21H32P.C10H15.2ClH.Hf/c1-3-5-7-11-15-22(16-12-8-6-4-2)21-17-19-13-9-10-14-20(19)18-21;1-3-4-7-10-8-5-6-9(10)2;;;/h9-10,13-14,17-18H,3-8,11-12,15-16H2,1-2H3;5-6,8H,3-4,7H2,1-2H3;2*1H;/q2*-1;;;+4/p-2. The maximum Gasteiger partial charge on any atom is 4.00 e. The first-order valence-electron chi connectivity index (χ1n) is 13.3. The average molecular weight is 700 g/mol. The number of benzene rings is 1. The molecule has 0 amide bonds. The van der Waals surface area contributed by atoms with Crippen LogP contribution in [0.5, 0.6) is 0 Å². The molecule has 3 aromatic carbocycles. The Morgan fingerprint density at radius 1 is 0.743 bits per heavy atom. The topological polar surface area (TPSA) is 0 Å². The van der Waals surface area contributed by atoms with Gasteiger partial charge in [-0.15, -0.1) is 40.3 Å². The maximum atomic E-state index is 2.47. The van der Waals surface area contributed by atoms with E-state index in [1.54, 1.807) is 5.30 Å². The monoisotopic (exact) mass is 700 g/mol. The molecule has 0 fully saturated rings. The van der Waals surface area contributed by atoms with E-state index >= 15 is 0 Å². The summed E-state index contributed by atoms with van der Waals surface area (Å²) in [5.41, 5.74) is 2.98. The Bertz CT molecular complexity index is 809. The molecule has 0 aliphatic rings. The van der Waals surface area contributed by atoms with Crippen molar-refractivity contribution in [1.29, 1.82) is 0 Å². The minimum absolute atomic E-state index is 0. The van der Waals surface area contributed by atoms with Crippen LogP contribution in [0.4, 0.5) is 0 Å². The Morgan fingerprint density at radius 3 is 1.86 bits per heavy atom.